The third-order valence-electron chi connectivity index (χ3n) is 4.71. The number of allylic oxidation sites excluding steroid dienone is 1. The number of rotatable bonds is 8. The largest absolute Gasteiger partial charge is 0.404 e. The number of nitrogens with two attached hydrogens (primary N) is 1. The molecular weight excluding hydrogens is 322 g/mol. The molecule has 0 spiro atoms. The second-order valence-electron chi connectivity index (χ2n) is 6.94. The van der Waals surface area contributed by atoms with E-state index in [1.54, 1.807) is 12.5 Å². The normalized spacial score (nSPS) is 17.2. The molecule has 2 rings (SSSR count). The first-order chi connectivity index (χ1) is 12.6. The summed E-state index contributed by atoms with van der Waals surface area (Å²) in [7, 11) is 0. The average Bonchev–Trinajstić information content (AvgIpc) is 2.62. The van der Waals surface area contributed by atoms with Crippen LogP contribution in [0.5, 0.6) is 0 Å². The fourth-order valence-corrected chi connectivity index (χ4v) is 3.34. The van der Waals surface area contributed by atoms with E-state index >= 15 is 0 Å². The molecule has 0 saturated carbocycles. The molecule has 0 unspecified atom stereocenters. The number of nitrogens with one attached hydrogen (secondary N) is 2. The Morgan fingerprint density at radius 3 is 2.54 bits per heavy atom. The highest BCUT2D eigenvalue weighted by atomic mass is 15.0. The average molecular weight is 356 g/mol. The second-order valence-corrected chi connectivity index (χ2v) is 6.94. The lowest BCUT2D eigenvalue weighted by Gasteiger charge is -2.24. The van der Waals surface area contributed by atoms with Crippen molar-refractivity contribution in [3.63, 3.8) is 0 Å². The molecule has 1 saturated heterocycles. The summed E-state index contributed by atoms with van der Waals surface area (Å²) < 4.78 is 0. The van der Waals surface area contributed by atoms with E-state index in [1.165, 1.54) is 24.0 Å². The van der Waals surface area contributed by atoms with E-state index in [1.807, 2.05) is 0 Å². The fraction of sp³-hybridized carbons (Fsp3) is 0.524. The first-order valence-electron chi connectivity index (χ1n) is 9.65. The Kier molecular flexibility index (Phi) is 8.51. The molecule has 0 bridgehead atoms. The summed E-state index contributed by atoms with van der Waals surface area (Å²) >= 11 is 0. The minimum atomic E-state index is 0.605. The van der Waals surface area contributed by atoms with E-state index in [2.05, 4.69) is 59.6 Å². The number of benzene rings is 1. The van der Waals surface area contributed by atoms with Crippen LogP contribution in [0.1, 0.15) is 43.7 Å². The van der Waals surface area contributed by atoms with Gasteiger partial charge in [0.05, 0.1) is 5.69 Å². The van der Waals surface area contributed by atoms with Crippen LogP contribution in [0.15, 0.2) is 40.0 Å². The van der Waals surface area contributed by atoms with Crippen molar-refractivity contribution >= 4 is 17.7 Å². The van der Waals surface area contributed by atoms with Crippen LogP contribution >= 0.6 is 0 Å². The molecule has 5 heteroatoms. The van der Waals surface area contributed by atoms with Crippen molar-refractivity contribution in [1.29, 1.82) is 0 Å². The zero-order valence-electron chi connectivity index (χ0n) is 16.4. The molecule has 1 aromatic rings. The highest BCUT2D eigenvalue weighted by Crippen LogP contribution is 2.16. The Morgan fingerprint density at radius 2 is 1.92 bits per heavy atom. The van der Waals surface area contributed by atoms with Gasteiger partial charge in [-0.15, -0.1) is 0 Å². The zero-order chi connectivity index (χ0) is 18.8. The summed E-state index contributed by atoms with van der Waals surface area (Å²) in [6.45, 7) is 9.39. The van der Waals surface area contributed by atoms with Gasteiger partial charge in [-0.1, -0.05) is 13.0 Å². The Hall–Kier alpha value is -1.98. The van der Waals surface area contributed by atoms with E-state index in [-0.39, 0.29) is 0 Å². The van der Waals surface area contributed by atoms with E-state index < -0.39 is 0 Å². The molecule has 1 aliphatic heterocycles. The summed E-state index contributed by atoms with van der Waals surface area (Å²) in [6, 6.07) is 6.88. The molecule has 0 aromatic heterocycles. The van der Waals surface area contributed by atoms with E-state index in [0.717, 1.165) is 49.4 Å². The van der Waals surface area contributed by atoms with Gasteiger partial charge in [-0.2, -0.15) is 0 Å². The molecule has 1 heterocycles. The van der Waals surface area contributed by atoms with Crippen LogP contribution in [0.3, 0.4) is 0 Å². The van der Waals surface area contributed by atoms with Crippen LogP contribution in [0.2, 0.25) is 0 Å². The minimum Gasteiger partial charge on any atom is -0.404 e. The summed E-state index contributed by atoms with van der Waals surface area (Å²) in [6.07, 6.45) is 7.45. The first-order valence-corrected chi connectivity index (χ1v) is 9.65. The highest BCUT2D eigenvalue weighted by molar-refractivity contribution is 6.03. The predicted octanol–water partition coefficient (Wildman–Crippen LogP) is 3.39. The van der Waals surface area contributed by atoms with E-state index in [0.29, 0.717) is 6.04 Å². The highest BCUT2D eigenvalue weighted by Gasteiger charge is 2.12. The Labute approximate surface area is 157 Å². The Morgan fingerprint density at radius 1 is 1.23 bits per heavy atom. The molecule has 0 atom stereocenters. The first kappa shape index (κ1) is 20.3. The van der Waals surface area contributed by atoms with Gasteiger partial charge < -0.3 is 16.4 Å². The van der Waals surface area contributed by atoms with Gasteiger partial charge in [0.15, 0.2) is 0 Å². The summed E-state index contributed by atoms with van der Waals surface area (Å²) in [5.74, 6) is 0. The smallest absolute Gasteiger partial charge is 0.116 e. The second kappa shape index (κ2) is 10.9. The maximum absolute atomic E-state index is 5.81. The van der Waals surface area contributed by atoms with Crippen molar-refractivity contribution < 1.29 is 0 Å². The number of hydrogen-bond acceptors (Lipinski definition) is 4. The van der Waals surface area contributed by atoms with E-state index in [9.17, 15) is 0 Å². The molecule has 142 valence electrons. The van der Waals surface area contributed by atoms with Gasteiger partial charge in [0, 0.05) is 24.7 Å². The van der Waals surface area contributed by atoms with Gasteiger partial charge in [0.1, 0.15) is 6.34 Å². The Bertz CT molecular complexity index is 634. The van der Waals surface area contributed by atoms with Crippen molar-refractivity contribution in [2.45, 2.75) is 52.5 Å². The van der Waals surface area contributed by atoms with Gasteiger partial charge in [0.25, 0.3) is 0 Å². The number of piperidine rings is 1. The molecule has 0 aliphatic carbocycles. The third-order valence-corrected chi connectivity index (χ3v) is 4.71. The van der Waals surface area contributed by atoms with Gasteiger partial charge in [-0.05, 0) is 81.2 Å². The van der Waals surface area contributed by atoms with E-state index in [4.69, 9.17) is 5.73 Å². The molecule has 0 amide bonds. The zero-order valence-corrected chi connectivity index (χ0v) is 16.4. The molecular formula is C21H33N5. The van der Waals surface area contributed by atoms with Crippen LogP contribution in [0.4, 0.5) is 5.69 Å². The Balaban J connectivity index is 2.00. The maximum atomic E-state index is 5.81. The minimum absolute atomic E-state index is 0.605. The molecule has 5 nitrogen and oxygen atoms in total. The van der Waals surface area contributed by atoms with Crippen LogP contribution in [0, 0.1) is 13.8 Å². The number of aryl methyl sites for hydroxylation is 2. The van der Waals surface area contributed by atoms with Crippen molar-refractivity contribution in [3.05, 3.63) is 41.1 Å². The number of aliphatic imine (C=N–C) groups is 2. The predicted molar refractivity (Wildman–Crippen MR) is 113 cm³/mol. The molecule has 4 N–H and O–H groups in total. The van der Waals surface area contributed by atoms with Crippen molar-refractivity contribution in [2.24, 2.45) is 15.7 Å². The third kappa shape index (κ3) is 6.73. The molecule has 26 heavy (non-hydrogen) atoms. The van der Waals surface area contributed by atoms with Crippen LogP contribution in [-0.4, -0.2) is 37.7 Å². The number of nitrogens with zero attached hydrogens (tertiary/aromatic N) is 2. The van der Waals surface area contributed by atoms with Gasteiger partial charge in [-0.3, -0.25) is 0 Å². The SMILES string of the molecule is CC/C(=C/N)C(CCNC1CCNCC1)=NC=Nc1cc(C)cc(C)c1. The number of hydrogen-bond donors (Lipinski definition) is 3. The van der Waals surface area contributed by atoms with Gasteiger partial charge >= 0.3 is 0 Å². The van der Waals surface area contributed by atoms with Crippen LogP contribution in [0.25, 0.3) is 0 Å². The van der Waals surface area contributed by atoms with Crippen molar-refractivity contribution in [1.82, 2.24) is 10.6 Å². The quantitative estimate of drug-likeness (QED) is 0.494. The van der Waals surface area contributed by atoms with Gasteiger partial charge in [0.2, 0.25) is 0 Å². The van der Waals surface area contributed by atoms with Crippen molar-refractivity contribution in [2.75, 3.05) is 19.6 Å². The molecule has 1 fully saturated rings. The molecule has 1 aliphatic rings. The van der Waals surface area contributed by atoms with Crippen LogP contribution < -0.4 is 16.4 Å². The maximum Gasteiger partial charge on any atom is 0.116 e. The molecule has 0 radical (unpaired) electrons. The lowest BCUT2D eigenvalue weighted by atomic mass is 10.0. The van der Waals surface area contributed by atoms with Crippen LogP contribution in [-0.2, 0) is 0 Å². The molecule has 1 aromatic carbocycles. The fourth-order valence-electron chi connectivity index (χ4n) is 3.34. The lowest BCUT2D eigenvalue weighted by molar-refractivity contribution is 0.392. The topological polar surface area (TPSA) is 74.8 Å². The monoisotopic (exact) mass is 355 g/mol. The summed E-state index contributed by atoms with van der Waals surface area (Å²) in [5.41, 5.74) is 11.3. The van der Waals surface area contributed by atoms with Crippen molar-refractivity contribution in [3.8, 4) is 0 Å². The summed E-state index contributed by atoms with van der Waals surface area (Å²) in [5, 5.41) is 7.04. The standard InChI is InChI=1S/C21H33N5/c1-4-18(14-22)21(7-10-24-19-5-8-23-9-6-19)26-15-25-20-12-16(2)11-17(3)13-20/h11-15,19,23-24H,4-10,22H2,1-3H3/b18-14-,25-15?,26-21?. The van der Waals surface area contributed by atoms with Gasteiger partial charge in [-0.25, -0.2) is 9.98 Å². The lowest BCUT2D eigenvalue weighted by Crippen LogP contribution is -2.40. The summed E-state index contributed by atoms with van der Waals surface area (Å²) in [4.78, 5) is 9.13.